The van der Waals surface area contributed by atoms with Gasteiger partial charge in [-0.3, -0.25) is 4.79 Å². The molecule has 1 rings (SSSR count). The highest BCUT2D eigenvalue weighted by Gasteiger charge is 2.15. The highest BCUT2D eigenvalue weighted by atomic mass is 16.2. The summed E-state index contributed by atoms with van der Waals surface area (Å²) in [4.78, 5) is 18.2. The summed E-state index contributed by atoms with van der Waals surface area (Å²) in [5, 5.41) is 3.51. The SMILES string of the molecule is CC(=O)N1CCCN(CCCN=[N+]=[N-])CC1. The Kier molecular flexibility index (Phi) is 5.67. The van der Waals surface area contributed by atoms with Gasteiger partial charge in [0, 0.05) is 38.0 Å². The molecule has 0 spiro atoms. The van der Waals surface area contributed by atoms with Crippen molar-refractivity contribution in [3.05, 3.63) is 10.4 Å². The smallest absolute Gasteiger partial charge is 0.219 e. The molecule has 0 radical (unpaired) electrons. The van der Waals surface area contributed by atoms with Gasteiger partial charge in [-0.15, -0.1) is 0 Å². The van der Waals surface area contributed by atoms with Crippen LogP contribution < -0.4 is 0 Å². The van der Waals surface area contributed by atoms with Gasteiger partial charge in [-0.05, 0) is 31.5 Å². The van der Waals surface area contributed by atoms with Gasteiger partial charge in [0.25, 0.3) is 0 Å². The lowest BCUT2D eigenvalue weighted by Crippen LogP contribution is -2.34. The maximum atomic E-state index is 11.2. The van der Waals surface area contributed by atoms with Gasteiger partial charge in [-0.25, -0.2) is 0 Å². The van der Waals surface area contributed by atoms with E-state index in [-0.39, 0.29) is 5.91 Å². The fourth-order valence-corrected chi connectivity index (χ4v) is 1.92. The lowest BCUT2D eigenvalue weighted by molar-refractivity contribution is -0.128. The summed E-state index contributed by atoms with van der Waals surface area (Å²) in [5.41, 5.74) is 8.14. The third kappa shape index (κ3) is 4.51. The molecular formula is C10H19N5O. The minimum Gasteiger partial charge on any atom is -0.342 e. The van der Waals surface area contributed by atoms with Crippen molar-refractivity contribution in [3.8, 4) is 0 Å². The molecule has 1 heterocycles. The molecule has 0 unspecified atom stereocenters. The normalized spacial score (nSPS) is 17.7. The second-order valence-corrected chi connectivity index (χ2v) is 4.01. The number of carbonyl (C=O) groups is 1. The zero-order valence-corrected chi connectivity index (χ0v) is 9.80. The Hall–Kier alpha value is -1.26. The monoisotopic (exact) mass is 225 g/mol. The van der Waals surface area contributed by atoms with Gasteiger partial charge in [0.05, 0.1) is 0 Å². The van der Waals surface area contributed by atoms with Crippen LogP contribution in [0.2, 0.25) is 0 Å². The van der Waals surface area contributed by atoms with Crippen LogP contribution in [0.4, 0.5) is 0 Å². The molecule has 16 heavy (non-hydrogen) atoms. The highest BCUT2D eigenvalue weighted by Crippen LogP contribution is 2.04. The predicted octanol–water partition coefficient (Wildman–Crippen LogP) is 1.24. The molecular weight excluding hydrogens is 206 g/mol. The van der Waals surface area contributed by atoms with E-state index in [0.717, 1.165) is 45.6 Å². The van der Waals surface area contributed by atoms with E-state index in [0.29, 0.717) is 6.54 Å². The van der Waals surface area contributed by atoms with Crippen molar-refractivity contribution in [2.75, 3.05) is 39.3 Å². The fraction of sp³-hybridized carbons (Fsp3) is 0.900. The van der Waals surface area contributed by atoms with Crippen molar-refractivity contribution in [1.82, 2.24) is 9.80 Å². The Balaban J connectivity index is 2.24. The molecule has 1 aliphatic rings. The first kappa shape index (κ1) is 12.8. The minimum absolute atomic E-state index is 0.163. The molecule has 90 valence electrons. The number of nitrogens with zero attached hydrogens (tertiary/aromatic N) is 5. The average molecular weight is 225 g/mol. The molecule has 1 aliphatic heterocycles. The van der Waals surface area contributed by atoms with Crippen LogP contribution in [0.1, 0.15) is 19.8 Å². The Morgan fingerprint density at radius 1 is 1.38 bits per heavy atom. The number of rotatable bonds is 4. The van der Waals surface area contributed by atoms with Gasteiger partial charge in [-0.1, -0.05) is 5.11 Å². The minimum atomic E-state index is 0.163. The van der Waals surface area contributed by atoms with E-state index in [1.165, 1.54) is 0 Å². The topological polar surface area (TPSA) is 72.3 Å². The Bertz CT molecular complexity index is 274. The molecule has 6 heteroatoms. The Labute approximate surface area is 95.8 Å². The maximum absolute atomic E-state index is 11.2. The lowest BCUT2D eigenvalue weighted by atomic mass is 10.3. The molecule has 1 fully saturated rings. The summed E-state index contributed by atoms with van der Waals surface area (Å²) in [7, 11) is 0. The van der Waals surface area contributed by atoms with Gasteiger partial charge in [0.2, 0.25) is 5.91 Å². The van der Waals surface area contributed by atoms with Crippen LogP contribution in [-0.2, 0) is 4.79 Å². The van der Waals surface area contributed by atoms with Crippen LogP contribution >= 0.6 is 0 Å². The zero-order chi connectivity index (χ0) is 11.8. The van der Waals surface area contributed by atoms with Crippen LogP contribution in [0.25, 0.3) is 10.4 Å². The third-order valence-electron chi connectivity index (χ3n) is 2.83. The Morgan fingerprint density at radius 3 is 2.88 bits per heavy atom. The third-order valence-corrected chi connectivity index (χ3v) is 2.83. The summed E-state index contributed by atoms with van der Waals surface area (Å²) in [6.07, 6.45) is 1.92. The first-order valence-electron chi connectivity index (χ1n) is 5.73. The van der Waals surface area contributed by atoms with Crippen LogP contribution in [0.5, 0.6) is 0 Å². The summed E-state index contributed by atoms with van der Waals surface area (Å²) in [5.74, 6) is 0.163. The average Bonchev–Trinajstić information content (AvgIpc) is 2.50. The standard InChI is InChI=1S/C10H19N5O/c1-10(16)15-7-3-6-14(8-9-15)5-2-4-12-13-11/h2-9H2,1H3. The molecule has 0 aromatic carbocycles. The van der Waals surface area contributed by atoms with Crippen molar-refractivity contribution >= 4 is 5.91 Å². The molecule has 0 saturated carbocycles. The fourth-order valence-electron chi connectivity index (χ4n) is 1.92. The summed E-state index contributed by atoms with van der Waals surface area (Å²) in [6.45, 7) is 6.76. The van der Waals surface area contributed by atoms with E-state index in [2.05, 4.69) is 14.9 Å². The molecule has 6 nitrogen and oxygen atoms in total. The summed E-state index contributed by atoms with van der Waals surface area (Å²) < 4.78 is 0. The maximum Gasteiger partial charge on any atom is 0.219 e. The van der Waals surface area contributed by atoms with Crippen molar-refractivity contribution in [2.24, 2.45) is 5.11 Å². The predicted molar refractivity (Wildman–Crippen MR) is 61.9 cm³/mol. The molecule has 0 atom stereocenters. The van der Waals surface area contributed by atoms with Gasteiger partial charge in [0.1, 0.15) is 0 Å². The van der Waals surface area contributed by atoms with Gasteiger partial charge in [-0.2, -0.15) is 0 Å². The number of azide groups is 1. The summed E-state index contributed by atoms with van der Waals surface area (Å²) in [6, 6.07) is 0. The quantitative estimate of drug-likeness (QED) is 0.312. The van der Waals surface area contributed by atoms with E-state index in [1.807, 2.05) is 4.90 Å². The zero-order valence-electron chi connectivity index (χ0n) is 9.80. The van der Waals surface area contributed by atoms with E-state index in [9.17, 15) is 4.79 Å². The van der Waals surface area contributed by atoms with Crippen molar-refractivity contribution in [2.45, 2.75) is 19.8 Å². The van der Waals surface area contributed by atoms with Crippen LogP contribution in [0.3, 0.4) is 0 Å². The van der Waals surface area contributed by atoms with Crippen molar-refractivity contribution in [3.63, 3.8) is 0 Å². The van der Waals surface area contributed by atoms with Crippen molar-refractivity contribution in [1.29, 1.82) is 0 Å². The number of carbonyl (C=O) groups excluding carboxylic acids is 1. The van der Waals surface area contributed by atoms with E-state index in [4.69, 9.17) is 5.53 Å². The molecule has 0 aliphatic carbocycles. The lowest BCUT2D eigenvalue weighted by Gasteiger charge is -2.20. The van der Waals surface area contributed by atoms with Gasteiger partial charge < -0.3 is 9.80 Å². The van der Waals surface area contributed by atoms with Crippen LogP contribution in [-0.4, -0.2) is 55.0 Å². The van der Waals surface area contributed by atoms with E-state index < -0.39 is 0 Å². The van der Waals surface area contributed by atoms with Crippen LogP contribution in [0, 0.1) is 0 Å². The van der Waals surface area contributed by atoms with Gasteiger partial charge >= 0.3 is 0 Å². The first-order chi connectivity index (χ1) is 7.74. The second-order valence-electron chi connectivity index (χ2n) is 4.01. The van der Waals surface area contributed by atoms with E-state index in [1.54, 1.807) is 6.92 Å². The van der Waals surface area contributed by atoms with Crippen LogP contribution in [0.15, 0.2) is 5.11 Å². The largest absolute Gasteiger partial charge is 0.342 e. The highest BCUT2D eigenvalue weighted by molar-refractivity contribution is 5.73. The molecule has 0 aromatic heterocycles. The number of amides is 1. The first-order valence-corrected chi connectivity index (χ1v) is 5.73. The molecule has 1 amide bonds. The molecule has 1 saturated heterocycles. The molecule has 0 aromatic rings. The number of hydrogen-bond donors (Lipinski definition) is 0. The Morgan fingerprint density at radius 2 is 2.19 bits per heavy atom. The number of hydrogen-bond acceptors (Lipinski definition) is 3. The second kappa shape index (κ2) is 7.09. The van der Waals surface area contributed by atoms with E-state index >= 15 is 0 Å². The summed E-state index contributed by atoms with van der Waals surface area (Å²) >= 11 is 0. The van der Waals surface area contributed by atoms with Crippen molar-refractivity contribution < 1.29 is 4.79 Å². The molecule has 0 N–H and O–H groups in total. The molecule has 0 bridgehead atoms. The van der Waals surface area contributed by atoms with Gasteiger partial charge in [0.15, 0.2) is 0 Å².